The lowest BCUT2D eigenvalue weighted by molar-refractivity contribution is -0.383. The molecule has 0 radical (unpaired) electrons. The van der Waals surface area contributed by atoms with Crippen molar-refractivity contribution in [3.05, 3.63) is 30.2 Å². The Morgan fingerprint density at radius 2 is 1.67 bits per heavy atom. The maximum atomic E-state index is 11.0. The van der Waals surface area contributed by atoms with Crippen LogP contribution in [0.3, 0.4) is 0 Å². The third kappa shape index (κ3) is 3.12. The summed E-state index contributed by atoms with van der Waals surface area (Å²) < 4.78 is 0. The minimum absolute atomic E-state index is 0.00734. The number of rotatable bonds is 5. The van der Waals surface area contributed by atoms with Gasteiger partial charge in [0.1, 0.15) is 10.7 Å². The van der Waals surface area contributed by atoms with Gasteiger partial charge in [-0.1, -0.05) is 59.7 Å². The third-order valence-corrected chi connectivity index (χ3v) is 4.05. The van der Waals surface area contributed by atoms with Crippen LogP contribution in [0.15, 0.2) is 0 Å². The Labute approximate surface area is 124 Å². The van der Waals surface area contributed by atoms with Gasteiger partial charge in [0.25, 0.3) is 0 Å². The van der Waals surface area contributed by atoms with Crippen LogP contribution < -0.4 is 5.32 Å². The van der Waals surface area contributed by atoms with Gasteiger partial charge >= 0.3 is 5.69 Å². The number of halogens is 4. The number of anilines is 1. The first-order valence-corrected chi connectivity index (χ1v) is 6.67. The largest absolute Gasteiger partial charge is 0.378 e. The Bertz CT molecular complexity index is 480. The summed E-state index contributed by atoms with van der Waals surface area (Å²) in [7, 11) is 0. The summed E-state index contributed by atoms with van der Waals surface area (Å²) >= 11 is 23.4. The van der Waals surface area contributed by atoms with Crippen molar-refractivity contribution < 1.29 is 4.92 Å². The van der Waals surface area contributed by atoms with Gasteiger partial charge in [-0.25, -0.2) is 0 Å². The summed E-state index contributed by atoms with van der Waals surface area (Å²) in [5.74, 6) is 0. The number of nitrogens with one attached hydrogen (secondary N) is 1. The molecular formula is C10H10Cl4N2O2. The lowest BCUT2D eigenvalue weighted by Crippen LogP contribution is -2.06. The van der Waals surface area contributed by atoms with E-state index in [0.717, 1.165) is 12.8 Å². The van der Waals surface area contributed by atoms with Gasteiger partial charge in [0, 0.05) is 6.54 Å². The molecule has 0 aliphatic carbocycles. The predicted molar refractivity (Wildman–Crippen MR) is 76.5 cm³/mol. The van der Waals surface area contributed by atoms with E-state index in [0.29, 0.717) is 6.54 Å². The van der Waals surface area contributed by atoms with Crippen LogP contribution in [0, 0.1) is 10.1 Å². The van der Waals surface area contributed by atoms with E-state index in [-0.39, 0.29) is 31.5 Å². The number of nitro groups is 1. The molecule has 0 amide bonds. The van der Waals surface area contributed by atoms with Gasteiger partial charge in [-0.3, -0.25) is 10.1 Å². The zero-order chi connectivity index (χ0) is 13.9. The molecule has 0 saturated carbocycles. The van der Waals surface area contributed by atoms with Crippen LogP contribution in [0.4, 0.5) is 11.4 Å². The van der Waals surface area contributed by atoms with Crippen molar-refractivity contribution in [3.63, 3.8) is 0 Å². The average molecular weight is 332 g/mol. The van der Waals surface area contributed by atoms with E-state index in [1.54, 1.807) is 0 Å². The lowest BCUT2D eigenvalue weighted by Gasteiger charge is -2.12. The molecule has 18 heavy (non-hydrogen) atoms. The quantitative estimate of drug-likeness (QED) is 0.257. The Morgan fingerprint density at radius 1 is 1.11 bits per heavy atom. The topological polar surface area (TPSA) is 55.2 Å². The fourth-order valence-corrected chi connectivity index (χ4v) is 2.32. The summed E-state index contributed by atoms with van der Waals surface area (Å²) in [5, 5.41) is 13.6. The van der Waals surface area contributed by atoms with Gasteiger partial charge < -0.3 is 5.32 Å². The number of hydrogen-bond donors (Lipinski definition) is 1. The van der Waals surface area contributed by atoms with Crippen molar-refractivity contribution >= 4 is 57.8 Å². The van der Waals surface area contributed by atoms with E-state index >= 15 is 0 Å². The Kier molecular flexibility index (Phi) is 5.79. The van der Waals surface area contributed by atoms with Crippen LogP contribution >= 0.6 is 46.4 Å². The van der Waals surface area contributed by atoms with E-state index in [2.05, 4.69) is 5.32 Å². The number of nitro benzene ring substituents is 1. The SMILES string of the molecule is CCCCNc1c(Cl)c(Cl)c(Cl)c(Cl)c1[N+](=O)[O-]. The highest BCUT2D eigenvalue weighted by Gasteiger charge is 2.28. The molecule has 1 N–H and O–H groups in total. The van der Waals surface area contributed by atoms with Crippen LogP contribution in [-0.2, 0) is 0 Å². The normalized spacial score (nSPS) is 10.5. The number of hydrogen-bond acceptors (Lipinski definition) is 3. The maximum absolute atomic E-state index is 11.0. The summed E-state index contributed by atoms with van der Waals surface area (Å²) in [5.41, 5.74) is -0.248. The Balaban J connectivity index is 3.32. The minimum Gasteiger partial charge on any atom is -0.378 e. The maximum Gasteiger partial charge on any atom is 0.313 e. The van der Waals surface area contributed by atoms with Crippen LogP contribution in [0.2, 0.25) is 20.1 Å². The molecule has 1 rings (SSSR count). The van der Waals surface area contributed by atoms with Crippen molar-refractivity contribution in [2.24, 2.45) is 0 Å². The number of benzene rings is 1. The molecule has 0 aliphatic heterocycles. The minimum atomic E-state index is -0.634. The second kappa shape index (κ2) is 6.66. The van der Waals surface area contributed by atoms with Crippen molar-refractivity contribution in [1.82, 2.24) is 0 Å². The first kappa shape index (κ1) is 15.6. The van der Waals surface area contributed by atoms with Gasteiger partial charge in [-0.15, -0.1) is 0 Å². The third-order valence-electron chi connectivity index (χ3n) is 2.26. The highest BCUT2D eigenvalue weighted by Crippen LogP contribution is 2.48. The molecule has 0 spiro atoms. The van der Waals surface area contributed by atoms with Gasteiger partial charge in [0.05, 0.1) is 20.0 Å². The summed E-state index contributed by atoms with van der Waals surface area (Å²) in [4.78, 5) is 10.4. The fourth-order valence-electron chi connectivity index (χ4n) is 1.34. The highest BCUT2D eigenvalue weighted by atomic mass is 35.5. The molecule has 0 aromatic heterocycles. The van der Waals surface area contributed by atoms with Crippen LogP contribution in [0.25, 0.3) is 0 Å². The Hall–Kier alpha value is -0.420. The molecule has 1 aromatic carbocycles. The summed E-state index contributed by atoms with van der Waals surface area (Å²) in [6.07, 6.45) is 1.78. The molecule has 8 heteroatoms. The van der Waals surface area contributed by atoms with Gasteiger partial charge in [-0.2, -0.15) is 0 Å². The molecule has 4 nitrogen and oxygen atoms in total. The van der Waals surface area contributed by atoms with Crippen molar-refractivity contribution in [3.8, 4) is 0 Å². The highest BCUT2D eigenvalue weighted by molar-refractivity contribution is 6.53. The first-order valence-electron chi connectivity index (χ1n) is 5.16. The molecule has 0 atom stereocenters. The predicted octanol–water partition coefficient (Wildman–Crippen LogP) is 5.42. The van der Waals surface area contributed by atoms with Gasteiger partial charge in [0.15, 0.2) is 0 Å². The van der Waals surface area contributed by atoms with Crippen LogP contribution in [-0.4, -0.2) is 11.5 Å². The second-order valence-corrected chi connectivity index (χ2v) is 5.03. The molecule has 0 unspecified atom stereocenters. The van der Waals surface area contributed by atoms with Crippen LogP contribution in [0.5, 0.6) is 0 Å². The Morgan fingerprint density at radius 3 is 2.17 bits per heavy atom. The number of unbranched alkanes of at least 4 members (excludes halogenated alkanes) is 1. The van der Waals surface area contributed by atoms with E-state index in [1.807, 2.05) is 6.92 Å². The summed E-state index contributed by atoms with van der Waals surface area (Å²) in [6.45, 7) is 2.53. The van der Waals surface area contributed by atoms with Crippen molar-refractivity contribution in [1.29, 1.82) is 0 Å². The molecule has 100 valence electrons. The fraction of sp³-hybridized carbons (Fsp3) is 0.400. The first-order chi connectivity index (χ1) is 8.41. The van der Waals surface area contributed by atoms with E-state index in [9.17, 15) is 10.1 Å². The smallest absolute Gasteiger partial charge is 0.313 e. The molecule has 0 bridgehead atoms. The van der Waals surface area contributed by atoms with E-state index in [1.165, 1.54) is 0 Å². The molecular weight excluding hydrogens is 322 g/mol. The monoisotopic (exact) mass is 330 g/mol. The standard InChI is InChI=1S/C10H10Cl4N2O2/c1-2-3-4-15-9-7(13)5(11)6(12)8(14)10(9)16(17)18/h15H,2-4H2,1H3. The van der Waals surface area contributed by atoms with Gasteiger partial charge in [-0.05, 0) is 6.42 Å². The lowest BCUT2D eigenvalue weighted by atomic mass is 10.2. The number of nitrogens with zero attached hydrogens (tertiary/aromatic N) is 1. The zero-order valence-electron chi connectivity index (χ0n) is 9.40. The van der Waals surface area contributed by atoms with Crippen molar-refractivity contribution in [2.45, 2.75) is 19.8 Å². The summed E-state index contributed by atoms with van der Waals surface area (Å²) in [6, 6.07) is 0. The van der Waals surface area contributed by atoms with E-state index in [4.69, 9.17) is 46.4 Å². The molecule has 0 heterocycles. The van der Waals surface area contributed by atoms with Crippen LogP contribution in [0.1, 0.15) is 19.8 Å². The zero-order valence-corrected chi connectivity index (χ0v) is 12.4. The van der Waals surface area contributed by atoms with E-state index < -0.39 is 4.92 Å². The molecule has 0 fully saturated rings. The molecule has 0 saturated heterocycles. The van der Waals surface area contributed by atoms with Gasteiger partial charge in [0.2, 0.25) is 0 Å². The second-order valence-electron chi connectivity index (χ2n) is 3.52. The van der Waals surface area contributed by atoms with Crippen molar-refractivity contribution in [2.75, 3.05) is 11.9 Å². The average Bonchev–Trinajstić information content (AvgIpc) is 2.32. The molecule has 0 aliphatic rings. The molecule has 1 aromatic rings.